The Balaban J connectivity index is 1.74. The number of rotatable bonds is 8. The monoisotopic (exact) mass is 442 g/mol. The Bertz CT molecular complexity index is 1120. The lowest BCUT2D eigenvalue weighted by atomic mass is 10.0. The van der Waals surface area contributed by atoms with E-state index in [0.29, 0.717) is 10.4 Å². The summed E-state index contributed by atoms with van der Waals surface area (Å²) in [5.74, 6) is -0.288. The van der Waals surface area contributed by atoms with Crippen LogP contribution in [-0.4, -0.2) is 20.4 Å². The van der Waals surface area contributed by atoms with Gasteiger partial charge in [0.1, 0.15) is 0 Å². The van der Waals surface area contributed by atoms with E-state index in [4.69, 9.17) is 0 Å². The normalized spacial score (nSPS) is 11.6. The molecule has 5 nitrogen and oxygen atoms in total. The molecule has 3 rings (SSSR count). The first kappa shape index (κ1) is 22.2. The maximum absolute atomic E-state index is 12.9. The topological polar surface area (TPSA) is 75.3 Å². The highest BCUT2D eigenvalue weighted by Crippen LogP contribution is 2.28. The van der Waals surface area contributed by atoms with E-state index in [1.807, 2.05) is 54.8 Å². The Morgan fingerprint density at radius 1 is 1.00 bits per heavy atom. The lowest BCUT2D eigenvalue weighted by Gasteiger charge is -2.13. The van der Waals surface area contributed by atoms with Gasteiger partial charge in [0, 0.05) is 18.2 Å². The quantitative estimate of drug-likeness (QED) is 0.540. The molecule has 0 radical (unpaired) electrons. The Morgan fingerprint density at radius 2 is 1.67 bits per heavy atom. The average molecular weight is 443 g/mol. The molecule has 7 heteroatoms. The summed E-state index contributed by atoms with van der Waals surface area (Å²) in [6.45, 7) is 5.86. The molecule has 2 N–H and O–H groups in total. The van der Waals surface area contributed by atoms with Gasteiger partial charge >= 0.3 is 0 Å². The summed E-state index contributed by atoms with van der Waals surface area (Å²) in [5.41, 5.74) is 4.52. The standard InChI is InChI=1S/C23H26N2O3S2/c1-16(2)25-30(27,28)15-20-7-5-4-6-19(20)14-24-23(26)22-21(12-13-29-22)18-10-8-17(3)9-11-18/h4-13,16,25H,14-15H2,1-3H3,(H,24,26). The number of nitrogens with one attached hydrogen (secondary N) is 2. The Labute approximate surface area is 182 Å². The fourth-order valence-electron chi connectivity index (χ4n) is 3.18. The molecule has 2 aromatic carbocycles. The van der Waals surface area contributed by atoms with Crippen molar-refractivity contribution in [2.24, 2.45) is 0 Å². The molecule has 0 saturated carbocycles. The van der Waals surface area contributed by atoms with Crippen LogP contribution < -0.4 is 10.0 Å². The lowest BCUT2D eigenvalue weighted by molar-refractivity contribution is 0.0955. The molecule has 1 heterocycles. The minimum Gasteiger partial charge on any atom is -0.347 e. The highest BCUT2D eigenvalue weighted by Gasteiger charge is 2.17. The van der Waals surface area contributed by atoms with Crippen LogP contribution in [0, 0.1) is 6.92 Å². The molecule has 3 aromatic rings. The summed E-state index contributed by atoms with van der Waals surface area (Å²) in [6.07, 6.45) is 0. The van der Waals surface area contributed by atoms with E-state index in [1.165, 1.54) is 16.9 Å². The fourth-order valence-corrected chi connectivity index (χ4v) is 5.50. The first-order valence-corrected chi connectivity index (χ1v) is 12.3. The number of benzene rings is 2. The lowest BCUT2D eigenvalue weighted by Crippen LogP contribution is -2.31. The van der Waals surface area contributed by atoms with Crippen LogP contribution in [0.1, 0.15) is 40.2 Å². The molecule has 1 aromatic heterocycles. The fraction of sp³-hybridized carbons (Fsp3) is 0.261. The summed E-state index contributed by atoms with van der Waals surface area (Å²) in [6, 6.07) is 17.1. The zero-order valence-corrected chi connectivity index (χ0v) is 18.9. The average Bonchev–Trinajstić information content (AvgIpc) is 3.16. The maximum atomic E-state index is 12.9. The molecule has 0 aliphatic rings. The van der Waals surface area contributed by atoms with Crippen LogP contribution in [0.2, 0.25) is 0 Å². The zero-order chi connectivity index (χ0) is 21.7. The van der Waals surface area contributed by atoms with Crippen LogP contribution in [0.4, 0.5) is 0 Å². The number of hydrogen-bond acceptors (Lipinski definition) is 4. The number of aryl methyl sites for hydroxylation is 1. The largest absolute Gasteiger partial charge is 0.347 e. The smallest absolute Gasteiger partial charge is 0.262 e. The predicted molar refractivity (Wildman–Crippen MR) is 123 cm³/mol. The molecule has 30 heavy (non-hydrogen) atoms. The Kier molecular flexibility index (Phi) is 7.07. The zero-order valence-electron chi connectivity index (χ0n) is 17.3. The predicted octanol–water partition coefficient (Wildman–Crippen LogP) is 4.48. The molecule has 0 aliphatic heterocycles. The van der Waals surface area contributed by atoms with Gasteiger partial charge in [0.15, 0.2) is 0 Å². The third kappa shape index (κ3) is 5.78. The van der Waals surface area contributed by atoms with Crippen LogP contribution in [0.3, 0.4) is 0 Å². The van der Waals surface area contributed by atoms with Crippen LogP contribution in [0.5, 0.6) is 0 Å². The van der Waals surface area contributed by atoms with E-state index in [9.17, 15) is 13.2 Å². The third-order valence-corrected chi connectivity index (χ3v) is 6.99. The molecule has 0 unspecified atom stereocenters. The van der Waals surface area contributed by atoms with E-state index >= 15 is 0 Å². The maximum Gasteiger partial charge on any atom is 0.262 e. The highest BCUT2D eigenvalue weighted by molar-refractivity contribution is 7.88. The third-order valence-electron chi connectivity index (χ3n) is 4.55. The van der Waals surface area contributed by atoms with Crippen molar-refractivity contribution in [3.8, 4) is 11.1 Å². The molecule has 0 saturated heterocycles. The first-order valence-electron chi connectivity index (χ1n) is 9.74. The molecule has 0 bridgehead atoms. The van der Waals surface area contributed by atoms with Crippen molar-refractivity contribution in [1.82, 2.24) is 10.0 Å². The number of amides is 1. The van der Waals surface area contributed by atoms with E-state index < -0.39 is 10.0 Å². The second-order valence-corrected chi connectivity index (χ2v) is 10.2. The van der Waals surface area contributed by atoms with Gasteiger partial charge in [0.25, 0.3) is 5.91 Å². The van der Waals surface area contributed by atoms with Crippen LogP contribution >= 0.6 is 11.3 Å². The highest BCUT2D eigenvalue weighted by atomic mass is 32.2. The minimum atomic E-state index is -3.45. The van der Waals surface area contributed by atoms with Crippen molar-refractivity contribution in [3.05, 3.63) is 81.5 Å². The molecular weight excluding hydrogens is 416 g/mol. The van der Waals surface area contributed by atoms with Gasteiger partial charge in [0.05, 0.1) is 10.6 Å². The second-order valence-electron chi connectivity index (χ2n) is 7.51. The van der Waals surface area contributed by atoms with Gasteiger partial charge in [0.2, 0.25) is 10.0 Å². The summed E-state index contributed by atoms with van der Waals surface area (Å²) < 4.78 is 27.2. The van der Waals surface area contributed by atoms with Gasteiger partial charge in [-0.3, -0.25) is 4.79 Å². The van der Waals surface area contributed by atoms with Crippen LogP contribution in [0.25, 0.3) is 11.1 Å². The molecule has 158 valence electrons. The van der Waals surface area contributed by atoms with Crippen molar-refractivity contribution in [2.45, 2.75) is 39.1 Å². The Morgan fingerprint density at radius 3 is 2.33 bits per heavy atom. The summed E-state index contributed by atoms with van der Waals surface area (Å²) in [5, 5.41) is 4.85. The molecular formula is C23H26N2O3S2. The van der Waals surface area contributed by atoms with Crippen molar-refractivity contribution in [3.63, 3.8) is 0 Å². The van der Waals surface area contributed by atoms with E-state index in [0.717, 1.165) is 16.7 Å². The van der Waals surface area contributed by atoms with Crippen molar-refractivity contribution >= 4 is 27.3 Å². The summed E-state index contributed by atoms with van der Waals surface area (Å²) >= 11 is 1.39. The number of sulfonamides is 1. The molecule has 0 spiro atoms. The second kappa shape index (κ2) is 9.55. The van der Waals surface area contributed by atoms with Gasteiger partial charge < -0.3 is 5.32 Å². The minimum absolute atomic E-state index is 0.120. The van der Waals surface area contributed by atoms with Crippen LogP contribution in [-0.2, 0) is 22.3 Å². The van der Waals surface area contributed by atoms with Crippen LogP contribution in [0.15, 0.2) is 60.0 Å². The SMILES string of the molecule is Cc1ccc(-c2ccsc2C(=O)NCc2ccccc2CS(=O)(=O)NC(C)C)cc1. The van der Waals surface area contributed by atoms with E-state index in [1.54, 1.807) is 26.0 Å². The molecule has 0 aliphatic carbocycles. The van der Waals surface area contributed by atoms with Gasteiger partial charge in [-0.2, -0.15) is 0 Å². The van der Waals surface area contributed by atoms with E-state index in [-0.39, 0.29) is 24.2 Å². The number of carbonyl (C=O) groups excluding carboxylic acids is 1. The summed E-state index contributed by atoms with van der Waals surface area (Å²) in [4.78, 5) is 13.5. The number of carbonyl (C=O) groups is 1. The Hall–Kier alpha value is -2.48. The van der Waals surface area contributed by atoms with E-state index in [2.05, 4.69) is 10.0 Å². The van der Waals surface area contributed by atoms with Crippen molar-refractivity contribution in [1.29, 1.82) is 0 Å². The summed E-state index contributed by atoms with van der Waals surface area (Å²) in [7, 11) is -3.45. The van der Waals surface area contributed by atoms with Gasteiger partial charge in [-0.15, -0.1) is 11.3 Å². The molecule has 1 amide bonds. The van der Waals surface area contributed by atoms with Gasteiger partial charge in [-0.05, 0) is 48.9 Å². The molecule has 0 atom stereocenters. The van der Waals surface area contributed by atoms with Crippen molar-refractivity contribution in [2.75, 3.05) is 0 Å². The first-order chi connectivity index (χ1) is 14.2. The number of thiophene rings is 1. The molecule has 0 fully saturated rings. The van der Waals surface area contributed by atoms with Crippen molar-refractivity contribution < 1.29 is 13.2 Å². The van der Waals surface area contributed by atoms with Gasteiger partial charge in [-0.1, -0.05) is 54.1 Å². The number of hydrogen-bond donors (Lipinski definition) is 2. The van der Waals surface area contributed by atoms with Gasteiger partial charge in [-0.25, -0.2) is 13.1 Å².